The monoisotopic (exact) mass is 235 g/mol. The molecule has 0 amide bonds. The normalized spacial score (nSPS) is 20.4. The second kappa shape index (κ2) is 4.75. The van der Waals surface area contributed by atoms with Gasteiger partial charge < -0.3 is 14.7 Å². The van der Waals surface area contributed by atoms with Crippen LogP contribution in [0.25, 0.3) is 0 Å². The number of aryl methyl sites for hydroxylation is 1. The Kier molecular flexibility index (Phi) is 3.33. The molecule has 0 aliphatic carbocycles. The first-order chi connectivity index (χ1) is 8.08. The third-order valence-electron chi connectivity index (χ3n) is 3.03. The molecule has 1 unspecified atom stereocenters. The van der Waals surface area contributed by atoms with E-state index in [2.05, 4.69) is 4.90 Å². The molecule has 1 fully saturated rings. The number of morpholine rings is 1. The van der Waals surface area contributed by atoms with Crippen LogP contribution in [0.15, 0.2) is 18.2 Å². The number of anilines is 1. The van der Waals surface area contributed by atoms with Crippen molar-refractivity contribution in [3.8, 4) is 0 Å². The molecule has 4 heteroatoms. The molecule has 1 heterocycles. The van der Waals surface area contributed by atoms with Gasteiger partial charge in [0.2, 0.25) is 0 Å². The van der Waals surface area contributed by atoms with Gasteiger partial charge in [-0.25, -0.2) is 4.79 Å². The lowest BCUT2D eigenvalue weighted by atomic mass is 10.1. The molecule has 0 radical (unpaired) electrons. The van der Waals surface area contributed by atoms with Gasteiger partial charge in [0.1, 0.15) is 0 Å². The Bertz CT molecular complexity index is 431. The number of carboxylic acids is 1. The van der Waals surface area contributed by atoms with Gasteiger partial charge in [-0.05, 0) is 37.6 Å². The maximum atomic E-state index is 10.9. The Balaban J connectivity index is 2.23. The maximum absolute atomic E-state index is 10.9. The number of benzene rings is 1. The molecule has 0 spiro atoms. The number of ether oxygens (including phenoxy) is 1. The number of rotatable bonds is 2. The van der Waals surface area contributed by atoms with Crippen molar-refractivity contribution in [2.75, 3.05) is 24.6 Å². The number of carbonyl (C=O) groups is 1. The topological polar surface area (TPSA) is 49.8 Å². The van der Waals surface area contributed by atoms with E-state index in [0.717, 1.165) is 30.9 Å². The second-order valence-electron chi connectivity index (χ2n) is 4.43. The van der Waals surface area contributed by atoms with Crippen LogP contribution in [-0.2, 0) is 4.74 Å². The minimum Gasteiger partial charge on any atom is -0.478 e. The minimum atomic E-state index is -0.880. The van der Waals surface area contributed by atoms with Crippen LogP contribution in [-0.4, -0.2) is 36.9 Å². The van der Waals surface area contributed by atoms with Gasteiger partial charge >= 0.3 is 5.97 Å². The standard InChI is InChI=1S/C13H17NO3/c1-9-7-11(13(15)16)3-4-12(9)14-5-6-17-10(2)8-14/h3-4,7,10H,5-6,8H2,1-2H3,(H,15,16). The zero-order valence-electron chi connectivity index (χ0n) is 10.1. The SMILES string of the molecule is Cc1cc(C(=O)O)ccc1N1CCOC(C)C1. The third kappa shape index (κ3) is 2.58. The maximum Gasteiger partial charge on any atom is 0.335 e. The van der Waals surface area contributed by atoms with Gasteiger partial charge in [0.05, 0.1) is 18.3 Å². The highest BCUT2D eigenvalue weighted by atomic mass is 16.5. The molecule has 1 aromatic carbocycles. The average Bonchev–Trinajstić information content (AvgIpc) is 2.28. The fourth-order valence-corrected chi connectivity index (χ4v) is 2.18. The van der Waals surface area contributed by atoms with Crippen LogP contribution < -0.4 is 4.90 Å². The van der Waals surface area contributed by atoms with Gasteiger partial charge in [0, 0.05) is 18.8 Å². The number of hydrogen-bond donors (Lipinski definition) is 1. The molecule has 0 aromatic heterocycles. The minimum absolute atomic E-state index is 0.224. The Labute approximate surface area is 101 Å². The molecule has 92 valence electrons. The van der Waals surface area contributed by atoms with Gasteiger partial charge in [0.15, 0.2) is 0 Å². The molecule has 1 N–H and O–H groups in total. The molecule has 1 aliphatic heterocycles. The van der Waals surface area contributed by atoms with E-state index >= 15 is 0 Å². The van der Waals surface area contributed by atoms with Crippen molar-refractivity contribution in [1.82, 2.24) is 0 Å². The van der Waals surface area contributed by atoms with Crippen LogP contribution in [0.3, 0.4) is 0 Å². The molecule has 17 heavy (non-hydrogen) atoms. The molecule has 1 aromatic rings. The van der Waals surface area contributed by atoms with Crippen LogP contribution in [0, 0.1) is 6.92 Å². The van der Waals surface area contributed by atoms with Gasteiger partial charge in [-0.2, -0.15) is 0 Å². The van der Waals surface area contributed by atoms with Gasteiger partial charge in [-0.15, -0.1) is 0 Å². The van der Waals surface area contributed by atoms with E-state index in [9.17, 15) is 4.79 Å². The molecule has 2 rings (SSSR count). The number of nitrogens with zero attached hydrogens (tertiary/aromatic N) is 1. The molecule has 1 atom stereocenters. The number of hydrogen-bond acceptors (Lipinski definition) is 3. The lowest BCUT2D eigenvalue weighted by Crippen LogP contribution is -2.41. The predicted molar refractivity (Wildman–Crippen MR) is 65.8 cm³/mol. The van der Waals surface area contributed by atoms with Crippen LogP contribution in [0.1, 0.15) is 22.8 Å². The lowest BCUT2D eigenvalue weighted by Gasteiger charge is -2.34. The van der Waals surface area contributed by atoms with Gasteiger partial charge in [-0.3, -0.25) is 0 Å². The largest absolute Gasteiger partial charge is 0.478 e. The first kappa shape index (κ1) is 11.9. The predicted octanol–water partition coefficient (Wildman–Crippen LogP) is 1.92. The van der Waals surface area contributed by atoms with E-state index < -0.39 is 5.97 Å². The average molecular weight is 235 g/mol. The Morgan fingerprint density at radius 1 is 1.53 bits per heavy atom. The third-order valence-corrected chi connectivity index (χ3v) is 3.03. The van der Waals surface area contributed by atoms with Crippen molar-refractivity contribution in [2.24, 2.45) is 0 Å². The highest BCUT2D eigenvalue weighted by molar-refractivity contribution is 5.88. The summed E-state index contributed by atoms with van der Waals surface area (Å²) in [6.45, 7) is 6.43. The fraction of sp³-hybridized carbons (Fsp3) is 0.462. The summed E-state index contributed by atoms with van der Waals surface area (Å²) >= 11 is 0. The summed E-state index contributed by atoms with van der Waals surface area (Å²) in [6, 6.07) is 5.26. The molecule has 0 bridgehead atoms. The molecule has 0 saturated carbocycles. The van der Waals surface area contributed by atoms with E-state index in [1.165, 1.54) is 0 Å². The van der Waals surface area contributed by atoms with E-state index in [-0.39, 0.29) is 6.10 Å². The lowest BCUT2D eigenvalue weighted by molar-refractivity contribution is 0.0531. The molecular weight excluding hydrogens is 218 g/mol. The van der Waals surface area contributed by atoms with Crippen molar-refractivity contribution >= 4 is 11.7 Å². The number of aromatic carboxylic acids is 1. The summed E-state index contributed by atoms with van der Waals surface area (Å²) < 4.78 is 5.50. The number of carboxylic acid groups (broad SMARTS) is 1. The quantitative estimate of drug-likeness (QED) is 0.850. The van der Waals surface area contributed by atoms with Gasteiger partial charge in [-0.1, -0.05) is 0 Å². The van der Waals surface area contributed by atoms with E-state index in [1.807, 2.05) is 19.9 Å². The molecular formula is C13H17NO3. The Morgan fingerprint density at radius 2 is 2.29 bits per heavy atom. The van der Waals surface area contributed by atoms with Crippen molar-refractivity contribution in [2.45, 2.75) is 20.0 Å². The molecule has 1 aliphatic rings. The highest BCUT2D eigenvalue weighted by Crippen LogP contribution is 2.23. The summed E-state index contributed by atoms with van der Waals surface area (Å²) in [5.41, 5.74) is 2.44. The summed E-state index contributed by atoms with van der Waals surface area (Å²) in [4.78, 5) is 13.1. The first-order valence-corrected chi connectivity index (χ1v) is 5.78. The zero-order chi connectivity index (χ0) is 12.4. The van der Waals surface area contributed by atoms with E-state index in [4.69, 9.17) is 9.84 Å². The summed E-state index contributed by atoms with van der Waals surface area (Å²) in [5.74, 6) is -0.880. The van der Waals surface area contributed by atoms with Crippen LogP contribution in [0.2, 0.25) is 0 Å². The Hall–Kier alpha value is -1.55. The smallest absolute Gasteiger partial charge is 0.335 e. The molecule has 1 saturated heterocycles. The fourth-order valence-electron chi connectivity index (χ4n) is 2.18. The second-order valence-corrected chi connectivity index (χ2v) is 4.43. The van der Waals surface area contributed by atoms with Crippen LogP contribution >= 0.6 is 0 Å². The van der Waals surface area contributed by atoms with Crippen molar-refractivity contribution in [1.29, 1.82) is 0 Å². The van der Waals surface area contributed by atoms with Crippen molar-refractivity contribution in [3.63, 3.8) is 0 Å². The van der Waals surface area contributed by atoms with Gasteiger partial charge in [0.25, 0.3) is 0 Å². The summed E-state index contributed by atoms with van der Waals surface area (Å²) in [5, 5.41) is 8.92. The van der Waals surface area contributed by atoms with Crippen LogP contribution in [0.4, 0.5) is 5.69 Å². The van der Waals surface area contributed by atoms with Crippen LogP contribution in [0.5, 0.6) is 0 Å². The highest BCUT2D eigenvalue weighted by Gasteiger charge is 2.18. The summed E-state index contributed by atoms with van der Waals surface area (Å²) in [7, 11) is 0. The molecule has 4 nitrogen and oxygen atoms in total. The summed E-state index contributed by atoms with van der Waals surface area (Å²) in [6.07, 6.45) is 0.224. The van der Waals surface area contributed by atoms with E-state index in [0.29, 0.717) is 5.56 Å². The van der Waals surface area contributed by atoms with Crippen molar-refractivity contribution < 1.29 is 14.6 Å². The zero-order valence-corrected chi connectivity index (χ0v) is 10.1. The van der Waals surface area contributed by atoms with Crippen molar-refractivity contribution in [3.05, 3.63) is 29.3 Å². The Morgan fingerprint density at radius 3 is 2.88 bits per heavy atom. The van der Waals surface area contributed by atoms with E-state index in [1.54, 1.807) is 12.1 Å². The first-order valence-electron chi connectivity index (χ1n) is 5.78.